The Labute approximate surface area is 172 Å². The molecule has 0 bridgehead atoms. The molecule has 3 unspecified atom stereocenters. The zero-order valence-corrected chi connectivity index (χ0v) is 17.9. The summed E-state index contributed by atoms with van der Waals surface area (Å²) in [7, 11) is -4.28. The van der Waals surface area contributed by atoms with Gasteiger partial charge in [0.25, 0.3) is 10.1 Å². The lowest BCUT2D eigenvalue weighted by atomic mass is 9.99. The second kappa shape index (κ2) is 9.33. The third kappa shape index (κ3) is 5.31. The van der Waals surface area contributed by atoms with Crippen molar-refractivity contribution in [2.24, 2.45) is 11.8 Å². The Morgan fingerprint density at radius 2 is 1.41 bits per heavy atom. The molecule has 3 atom stereocenters. The first-order valence-corrected chi connectivity index (χ1v) is 11.0. The van der Waals surface area contributed by atoms with Crippen LogP contribution in [0.25, 0.3) is 0 Å². The predicted octanol–water partition coefficient (Wildman–Crippen LogP) is 4.28. The molecule has 3 rings (SSSR count). The Hall–Kier alpha value is -2.51. The molecule has 2 aromatic rings. The topological polar surface area (TPSA) is 91.8 Å². The summed E-state index contributed by atoms with van der Waals surface area (Å²) in [5, 5.41) is 0. The van der Waals surface area contributed by atoms with Gasteiger partial charge in [-0.05, 0) is 42.2 Å². The predicted molar refractivity (Wildman–Crippen MR) is 112 cm³/mol. The fourth-order valence-corrected chi connectivity index (χ4v) is 3.46. The highest BCUT2D eigenvalue weighted by molar-refractivity contribution is 7.85. The second-order valence-corrected chi connectivity index (χ2v) is 8.70. The van der Waals surface area contributed by atoms with Crippen LogP contribution < -0.4 is 4.90 Å². The normalized spacial score (nSPS) is 20.2. The third-order valence-corrected chi connectivity index (χ3v) is 6.21. The first-order chi connectivity index (χ1) is 13.6. The third-order valence-electron chi connectivity index (χ3n) is 5.34. The van der Waals surface area contributed by atoms with Gasteiger partial charge in [-0.25, -0.2) is 0 Å². The van der Waals surface area contributed by atoms with Crippen LogP contribution in [0.5, 0.6) is 0 Å². The van der Waals surface area contributed by atoms with E-state index in [2.05, 4.69) is 44.2 Å². The maximum absolute atomic E-state index is 11.9. The van der Waals surface area contributed by atoms with E-state index in [4.69, 9.17) is 4.55 Å². The maximum Gasteiger partial charge on any atom is 0.294 e. The van der Waals surface area contributed by atoms with Crippen molar-refractivity contribution in [2.75, 3.05) is 4.90 Å². The van der Waals surface area contributed by atoms with Crippen molar-refractivity contribution in [2.45, 2.75) is 44.9 Å². The van der Waals surface area contributed by atoms with Gasteiger partial charge in [0.05, 0.1) is 10.6 Å². The van der Waals surface area contributed by atoms with Crippen LogP contribution in [-0.2, 0) is 19.7 Å². The van der Waals surface area contributed by atoms with Crippen molar-refractivity contribution in [1.29, 1.82) is 0 Å². The Morgan fingerprint density at radius 3 is 1.83 bits per heavy atom. The molecule has 0 spiro atoms. The summed E-state index contributed by atoms with van der Waals surface area (Å²) in [4.78, 5) is 24.7. The van der Waals surface area contributed by atoms with Gasteiger partial charge in [0.1, 0.15) is 0 Å². The van der Waals surface area contributed by atoms with Crippen LogP contribution in [0, 0.1) is 11.8 Å². The Bertz CT molecular complexity index is 934. The zero-order chi connectivity index (χ0) is 21.8. The molecule has 1 heterocycles. The smallest absolute Gasteiger partial charge is 0.282 e. The SMILES string of the molecule is CC1C(=O)N(c2ccc(S(=O)(=O)O)cc2)C(=O)C1C.CCC(C)c1ccccc1. The molecule has 29 heavy (non-hydrogen) atoms. The molecule has 0 aromatic heterocycles. The first kappa shape index (κ1) is 22.8. The Balaban J connectivity index is 0.000000253. The van der Waals surface area contributed by atoms with Gasteiger partial charge in [0.15, 0.2) is 0 Å². The van der Waals surface area contributed by atoms with Gasteiger partial charge in [-0.3, -0.25) is 19.0 Å². The maximum atomic E-state index is 11.9. The molecule has 2 amide bonds. The van der Waals surface area contributed by atoms with Crippen LogP contribution in [-0.4, -0.2) is 24.8 Å². The van der Waals surface area contributed by atoms with Crippen molar-refractivity contribution in [3.63, 3.8) is 0 Å². The molecule has 2 aromatic carbocycles. The number of benzene rings is 2. The summed E-state index contributed by atoms with van der Waals surface area (Å²) in [6, 6.07) is 15.6. The van der Waals surface area contributed by atoms with Gasteiger partial charge in [-0.15, -0.1) is 0 Å². The average molecular weight is 418 g/mol. The number of hydrogen-bond acceptors (Lipinski definition) is 4. The lowest BCUT2D eigenvalue weighted by molar-refractivity contribution is -0.122. The van der Waals surface area contributed by atoms with Crippen LogP contribution in [0.2, 0.25) is 0 Å². The number of amides is 2. The summed E-state index contributed by atoms with van der Waals surface area (Å²) >= 11 is 0. The minimum atomic E-state index is -4.28. The van der Waals surface area contributed by atoms with E-state index in [1.165, 1.54) is 24.1 Å². The number of anilines is 1. The van der Waals surface area contributed by atoms with Crippen LogP contribution in [0.3, 0.4) is 0 Å². The number of hydrogen-bond donors (Lipinski definition) is 1. The second-order valence-electron chi connectivity index (χ2n) is 7.28. The summed E-state index contributed by atoms with van der Waals surface area (Å²) in [5.41, 5.74) is 1.75. The molecule has 1 N–H and O–H groups in total. The highest BCUT2D eigenvalue weighted by Crippen LogP contribution is 2.30. The quantitative estimate of drug-likeness (QED) is 0.592. The van der Waals surface area contributed by atoms with Crippen molar-refractivity contribution < 1.29 is 22.6 Å². The fourth-order valence-electron chi connectivity index (χ4n) is 2.98. The first-order valence-electron chi connectivity index (χ1n) is 9.58. The van der Waals surface area contributed by atoms with Gasteiger partial charge in [-0.2, -0.15) is 8.42 Å². The number of carbonyl (C=O) groups excluding carboxylic acids is 2. The number of nitrogens with zero attached hydrogens (tertiary/aromatic N) is 1. The van der Waals surface area contributed by atoms with Crippen LogP contribution in [0.15, 0.2) is 59.5 Å². The summed E-state index contributed by atoms with van der Waals surface area (Å²) in [5.74, 6) is -0.696. The highest BCUT2D eigenvalue weighted by atomic mass is 32.2. The molecule has 1 saturated heterocycles. The van der Waals surface area contributed by atoms with Gasteiger partial charge >= 0.3 is 0 Å². The van der Waals surface area contributed by atoms with Gasteiger partial charge in [0.2, 0.25) is 11.8 Å². The van der Waals surface area contributed by atoms with E-state index in [1.807, 2.05) is 0 Å². The Kier molecular flexibility index (Phi) is 7.32. The highest BCUT2D eigenvalue weighted by Gasteiger charge is 2.43. The molecule has 6 nitrogen and oxygen atoms in total. The number of imide groups is 1. The summed E-state index contributed by atoms with van der Waals surface area (Å²) in [6.45, 7) is 7.84. The molecule has 1 aliphatic heterocycles. The molecule has 156 valence electrons. The van der Waals surface area contributed by atoms with Gasteiger partial charge in [0, 0.05) is 11.8 Å². The fraction of sp³-hybridized carbons (Fsp3) is 0.364. The van der Waals surface area contributed by atoms with Crippen molar-refractivity contribution in [3.8, 4) is 0 Å². The Morgan fingerprint density at radius 1 is 0.931 bits per heavy atom. The molecular formula is C22H27NO5S. The monoisotopic (exact) mass is 417 g/mol. The van der Waals surface area contributed by atoms with Crippen LogP contribution in [0.1, 0.15) is 45.6 Å². The van der Waals surface area contributed by atoms with E-state index >= 15 is 0 Å². The van der Waals surface area contributed by atoms with E-state index in [9.17, 15) is 18.0 Å². The van der Waals surface area contributed by atoms with Crippen LogP contribution in [0.4, 0.5) is 5.69 Å². The van der Waals surface area contributed by atoms with Gasteiger partial charge in [-0.1, -0.05) is 58.0 Å². The van der Waals surface area contributed by atoms with E-state index in [0.717, 1.165) is 17.0 Å². The van der Waals surface area contributed by atoms with Crippen molar-refractivity contribution in [3.05, 3.63) is 60.2 Å². The molecule has 1 fully saturated rings. The zero-order valence-electron chi connectivity index (χ0n) is 17.1. The van der Waals surface area contributed by atoms with Gasteiger partial charge < -0.3 is 0 Å². The standard InChI is InChI=1S/C12H13NO5S.C10H14/c1-7-8(2)12(15)13(11(7)14)9-3-5-10(6-4-9)19(16,17)18;1-3-9(2)10-7-5-4-6-8-10/h3-8H,1-2H3,(H,16,17,18);4-9H,3H2,1-2H3. The molecule has 0 aliphatic carbocycles. The van der Waals surface area contributed by atoms with Crippen molar-refractivity contribution in [1.82, 2.24) is 0 Å². The average Bonchev–Trinajstić information content (AvgIpc) is 2.91. The molecular weight excluding hydrogens is 390 g/mol. The van der Waals surface area contributed by atoms with E-state index in [-0.39, 0.29) is 16.7 Å². The lowest BCUT2D eigenvalue weighted by Crippen LogP contribution is -2.30. The van der Waals surface area contributed by atoms with E-state index < -0.39 is 22.0 Å². The lowest BCUT2D eigenvalue weighted by Gasteiger charge is -2.14. The van der Waals surface area contributed by atoms with E-state index in [0.29, 0.717) is 11.6 Å². The molecule has 7 heteroatoms. The largest absolute Gasteiger partial charge is 0.294 e. The van der Waals surface area contributed by atoms with Crippen molar-refractivity contribution >= 4 is 27.6 Å². The summed E-state index contributed by atoms with van der Waals surface area (Å²) in [6.07, 6.45) is 1.23. The number of rotatable bonds is 4. The minimum absolute atomic E-state index is 0.281. The van der Waals surface area contributed by atoms with E-state index in [1.54, 1.807) is 13.8 Å². The van der Waals surface area contributed by atoms with Crippen LogP contribution >= 0.6 is 0 Å². The summed E-state index contributed by atoms with van der Waals surface area (Å²) < 4.78 is 30.7. The molecule has 1 aliphatic rings. The molecule has 0 radical (unpaired) electrons. The molecule has 0 saturated carbocycles. The minimum Gasteiger partial charge on any atom is -0.282 e. The number of carbonyl (C=O) groups is 2.